The molecule has 1 fully saturated rings. The van der Waals surface area contributed by atoms with Gasteiger partial charge in [0.25, 0.3) is 0 Å². The molecule has 6 nitrogen and oxygen atoms in total. The molecule has 0 N–H and O–H groups in total. The van der Waals surface area contributed by atoms with Crippen molar-refractivity contribution in [2.24, 2.45) is 0 Å². The fourth-order valence-corrected chi connectivity index (χ4v) is 3.22. The normalized spacial score (nSPS) is 16.0. The maximum Gasteiger partial charge on any atom is 0.163 e. The number of nitrogens with zero attached hydrogens (tertiary/aromatic N) is 6. The van der Waals surface area contributed by atoms with Crippen LogP contribution in [0.25, 0.3) is 11.0 Å². The number of piperazine rings is 1. The third-order valence-electron chi connectivity index (χ3n) is 4.80. The molecule has 3 heterocycles. The molecule has 0 saturated carbocycles. The zero-order valence-electron chi connectivity index (χ0n) is 14.2. The number of benzene rings is 1. The smallest absolute Gasteiger partial charge is 0.163 e. The zero-order chi connectivity index (χ0) is 16.5. The van der Waals surface area contributed by atoms with Gasteiger partial charge in [0.05, 0.1) is 18.1 Å². The van der Waals surface area contributed by atoms with E-state index in [9.17, 15) is 0 Å². The number of likely N-dealkylation sites (N-methyl/N-ethyl adjacent to an activating group) is 1. The molecule has 0 aliphatic carbocycles. The zero-order valence-corrected chi connectivity index (χ0v) is 14.2. The number of aromatic nitrogens is 4. The minimum atomic E-state index is 0.732. The molecule has 2 aromatic heterocycles. The first-order valence-corrected chi connectivity index (χ1v) is 8.37. The standard InChI is InChI=1S/C18H22N6/c1-14-5-3-4-6-15(14)12-24-18-16(11-21-24)17(19-13-20-18)23-9-7-22(2)8-10-23/h3-6,11,13H,7-10,12H2,1-2H3. The van der Waals surface area contributed by atoms with Crippen LogP contribution in [0.15, 0.2) is 36.8 Å². The number of hydrogen-bond donors (Lipinski definition) is 0. The number of aryl methyl sites for hydroxylation is 1. The van der Waals surface area contributed by atoms with Crippen molar-refractivity contribution < 1.29 is 0 Å². The minimum absolute atomic E-state index is 0.732. The topological polar surface area (TPSA) is 50.1 Å². The molecular weight excluding hydrogens is 300 g/mol. The van der Waals surface area contributed by atoms with Crippen molar-refractivity contribution in [3.8, 4) is 0 Å². The molecule has 6 heteroatoms. The van der Waals surface area contributed by atoms with Crippen molar-refractivity contribution in [3.05, 3.63) is 47.9 Å². The maximum atomic E-state index is 4.58. The van der Waals surface area contributed by atoms with Crippen LogP contribution < -0.4 is 4.90 Å². The highest BCUT2D eigenvalue weighted by Crippen LogP contribution is 2.24. The fourth-order valence-electron chi connectivity index (χ4n) is 3.22. The van der Waals surface area contributed by atoms with Gasteiger partial charge in [-0.15, -0.1) is 0 Å². The molecule has 1 aliphatic heterocycles. The van der Waals surface area contributed by atoms with E-state index < -0.39 is 0 Å². The van der Waals surface area contributed by atoms with E-state index in [2.05, 4.69) is 63.1 Å². The molecule has 3 aromatic rings. The number of fused-ring (bicyclic) bond motifs is 1. The van der Waals surface area contributed by atoms with Gasteiger partial charge in [-0.3, -0.25) is 0 Å². The van der Waals surface area contributed by atoms with Gasteiger partial charge in [0.2, 0.25) is 0 Å². The molecule has 0 spiro atoms. The number of anilines is 1. The Morgan fingerprint density at radius 3 is 2.62 bits per heavy atom. The Morgan fingerprint density at radius 1 is 1.04 bits per heavy atom. The summed E-state index contributed by atoms with van der Waals surface area (Å²) in [6.07, 6.45) is 3.56. The third-order valence-corrected chi connectivity index (χ3v) is 4.80. The van der Waals surface area contributed by atoms with Crippen molar-refractivity contribution in [2.75, 3.05) is 38.1 Å². The fraction of sp³-hybridized carbons (Fsp3) is 0.389. The molecule has 1 aliphatic rings. The predicted octanol–water partition coefficient (Wildman–Crippen LogP) is 1.93. The Morgan fingerprint density at radius 2 is 1.83 bits per heavy atom. The molecule has 1 saturated heterocycles. The molecule has 1 aromatic carbocycles. The Labute approximate surface area is 141 Å². The number of rotatable bonds is 3. The summed E-state index contributed by atoms with van der Waals surface area (Å²) in [6.45, 7) is 6.96. The van der Waals surface area contributed by atoms with Crippen molar-refractivity contribution in [2.45, 2.75) is 13.5 Å². The van der Waals surface area contributed by atoms with Gasteiger partial charge in [-0.1, -0.05) is 24.3 Å². The van der Waals surface area contributed by atoms with Crippen LogP contribution in [0.5, 0.6) is 0 Å². The van der Waals surface area contributed by atoms with Crippen LogP contribution in [0.1, 0.15) is 11.1 Å². The SMILES string of the molecule is Cc1ccccc1Cn1ncc2c(N3CCN(C)CC3)ncnc21. The highest BCUT2D eigenvalue weighted by atomic mass is 15.3. The Balaban J connectivity index is 1.68. The van der Waals surface area contributed by atoms with Crippen molar-refractivity contribution >= 4 is 16.9 Å². The van der Waals surface area contributed by atoms with E-state index in [0.29, 0.717) is 0 Å². The van der Waals surface area contributed by atoms with Crippen LogP contribution in [-0.2, 0) is 6.54 Å². The summed E-state index contributed by atoms with van der Waals surface area (Å²) in [5.74, 6) is 1.00. The molecule has 124 valence electrons. The molecule has 0 atom stereocenters. The minimum Gasteiger partial charge on any atom is -0.353 e. The summed E-state index contributed by atoms with van der Waals surface area (Å²) in [4.78, 5) is 13.7. The van der Waals surface area contributed by atoms with Gasteiger partial charge < -0.3 is 9.80 Å². The van der Waals surface area contributed by atoms with Gasteiger partial charge in [0, 0.05) is 26.2 Å². The summed E-state index contributed by atoms with van der Waals surface area (Å²) in [5.41, 5.74) is 3.44. The van der Waals surface area contributed by atoms with E-state index in [1.165, 1.54) is 11.1 Å². The summed E-state index contributed by atoms with van der Waals surface area (Å²) >= 11 is 0. The van der Waals surface area contributed by atoms with Gasteiger partial charge in [-0.25, -0.2) is 14.6 Å². The maximum absolute atomic E-state index is 4.58. The molecule has 0 radical (unpaired) electrons. The Kier molecular flexibility index (Phi) is 3.90. The second kappa shape index (κ2) is 6.20. The van der Waals surface area contributed by atoms with E-state index in [4.69, 9.17) is 0 Å². The summed E-state index contributed by atoms with van der Waals surface area (Å²) < 4.78 is 1.97. The summed E-state index contributed by atoms with van der Waals surface area (Å²) in [6, 6.07) is 8.41. The van der Waals surface area contributed by atoms with Crippen LogP contribution in [-0.4, -0.2) is 57.9 Å². The van der Waals surface area contributed by atoms with Crippen LogP contribution >= 0.6 is 0 Å². The van der Waals surface area contributed by atoms with Crippen molar-refractivity contribution in [1.82, 2.24) is 24.6 Å². The second-order valence-corrected chi connectivity index (χ2v) is 6.45. The molecule has 4 rings (SSSR count). The third kappa shape index (κ3) is 2.73. The van der Waals surface area contributed by atoms with E-state index in [1.807, 2.05) is 10.9 Å². The highest BCUT2D eigenvalue weighted by molar-refractivity contribution is 5.86. The van der Waals surface area contributed by atoms with Crippen molar-refractivity contribution in [3.63, 3.8) is 0 Å². The monoisotopic (exact) mass is 322 g/mol. The van der Waals surface area contributed by atoms with Crippen molar-refractivity contribution in [1.29, 1.82) is 0 Å². The van der Waals surface area contributed by atoms with E-state index in [1.54, 1.807) is 6.33 Å². The quantitative estimate of drug-likeness (QED) is 0.737. The molecular formula is C18H22N6. The lowest BCUT2D eigenvalue weighted by Crippen LogP contribution is -2.44. The first-order valence-electron chi connectivity index (χ1n) is 8.37. The van der Waals surface area contributed by atoms with Gasteiger partial charge in [-0.05, 0) is 25.1 Å². The first kappa shape index (κ1) is 15.1. The van der Waals surface area contributed by atoms with Crippen LogP contribution in [0.4, 0.5) is 5.82 Å². The lowest BCUT2D eigenvalue weighted by molar-refractivity contribution is 0.312. The number of hydrogen-bond acceptors (Lipinski definition) is 5. The average molecular weight is 322 g/mol. The first-order chi connectivity index (χ1) is 11.7. The van der Waals surface area contributed by atoms with Gasteiger partial charge >= 0.3 is 0 Å². The summed E-state index contributed by atoms with van der Waals surface area (Å²) in [5, 5.41) is 5.62. The van der Waals surface area contributed by atoms with E-state index in [-0.39, 0.29) is 0 Å². The molecule has 24 heavy (non-hydrogen) atoms. The van der Waals surface area contributed by atoms with Gasteiger partial charge in [-0.2, -0.15) is 5.10 Å². The van der Waals surface area contributed by atoms with Crippen LogP contribution in [0.3, 0.4) is 0 Å². The summed E-state index contributed by atoms with van der Waals surface area (Å²) in [7, 11) is 2.16. The lowest BCUT2D eigenvalue weighted by Gasteiger charge is -2.33. The van der Waals surface area contributed by atoms with E-state index in [0.717, 1.165) is 49.6 Å². The Bertz CT molecular complexity index is 848. The second-order valence-electron chi connectivity index (χ2n) is 6.45. The van der Waals surface area contributed by atoms with Crippen LogP contribution in [0.2, 0.25) is 0 Å². The van der Waals surface area contributed by atoms with Gasteiger partial charge in [0.15, 0.2) is 5.65 Å². The predicted molar refractivity (Wildman–Crippen MR) is 95.3 cm³/mol. The van der Waals surface area contributed by atoms with E-state index >= 15 is 0 Å². The highest BCUT2D eigenvalue weighted by Gasteiger charge is 2.19. The largest absolute Gasteiger partial charge is 0.353 e. The Hall–Kier alpha value is -2.47. The van der Waals surface area contributed by atoms with Crippen LogP contribution in [0, 0.1) is 6.92 Å². The average Bonchev–Trinajstić information content (AvgIpc) is 3.01. The molecule has 0 amide bonds. The van der Waals surface area contributed by atoms with Gasteiger partial charge in [0.1, 0.15) is 12.1 Å². The molecule has 0 bridgehead atoms. The lowest BCUT2D eigenvalue weighted by atomic mass is 10.1. The molecule has 0 unspecified atom stereocenters.